The molecule has 2 rings (SSSR count). The summed E-state index contributed by atoms with van der Waals surface area (Å²) < 4.78 is 10.5. The Morgan fingerprint density at radius 3 is 2.33 bits per heavy atom. The van der Waals surface area contributed by atoms with Crippen LogP contribution >= 0.6 is 27.5 Å². The fourth-order valence-corrected chi connectivity index (χ4v) is 2.15. The van der Waals surface area contributed by atoms with E-state index < -0.39 is 11.9 Å². The van der Waals surface area contributed by atoms with E-state index in [4.69, 9.17) is 16.3 Å². The predicted molar refractivity (Wildman–Crippen MR) is 81.9 cm³/mol. The van der Waals surface area contributed by atoms with Gasteiger partial charge in [-0.1, -0.05) is 27.5 Å². The normalized spacial score (nSPS) is 10.0. The zero-order chi connectivity index (χ0) is 15.4. The molecule has 0 aromatic heterocycles. The average Bonchev–Trinajstić information content (AvgIpc) is 2.49. The van der Waals surface area contributed by atoms with E-state index in [0.29, 0.717) is 16.3 Å². The molecule has 0 amide bonds. The summed E-state index contributed by atoms with van der Waals surface area (Å²) in [6, 6.07) is 10.9. The van der Waals surface area contributed by atoms with Gasteiger partial charge in [0, 0.05) is 4.47 Å². The summed E-state index contributed by atoms with van der Waals surface area (Å²) in [7, 11) is 1.30. The van der Waals surface area contributed by atoms with Crippen molar-refractivity contribution < 1.29 is 19.1 Å². The molecule has 0 atom stereocenters. The highest BCUT2D eigenvalue weighted by Crippen LogP contribution is 2.23. The lowest BCUT2D eigenvalue weighted by Crippen LogP contribution is -2.09. The second-order valence-electron chi connectivity index (χ2n) is 4.03. The second kappa shape index (κ2) is 6.74. The zero-order valence-corrected chi connectivity index (χ0v) is 13.3. The fourth-order valence-electron chi connectivity index (χ4n) is 1.59. The van der Waals surface area contributed by atoms with Gasteiger partial charge < -0.3 is 9.47 Å². The molecular formula is C15H10BrClO4. The number of hydrogen-bond acceptors (Lipinski definition) is 4. The Bertz CT molecular complexity index is 683. The Labute approximate surface area is 134 Å². The quantitative estimate of drug-likeness (QED) is 0.603. The summed E-state index contributed by atoms with van der Waals surface area (Å²) >= 11 is 9.23. The molecule has 0 aliphatic heterocycles. The van der Waals surface area contributed by atoms with Gasteiger partial charge in [-0.05, 0) is 42.5 Å². The molecular weight excluding hydrogens is 360 g/mol. The van der Waals surface area contributed by atoms with Crippen LogP contribution in [-0.4, -0.2) is 19.0 Å². The molecule has 0 heterocycles. The van der Waals surface area contributed by atoms with Crippen molar-refractivity contribution in [2.45, 2.75) is 0 Å². The van der Waals surface area contributed by atoms with Gasteiger partial charge in [-0.2, -0.15) is 0 Å². The SMILES string of the molecule is COC(=O)c1ccc(OC(=O)c2cc(Br)ccc2Cl)cc1. The lowest BCUT2D eigenvalue weighted by molar-refractivity contribution is 0.0600. The van der Waals surface area contributed by atoms with Crippen LogP contribution in [0.1, 0.15) is 20.7 Å². The van der Waals surface area contributed by atoms with E-state index in [1.807, 2.05) is 0 Å². The molecule has 2 aromatic carbocycles. The standard InChI is InChI=1S/C15H10BrClO4/c1-20-14(18)9-2-5-11(6-3-9)21-15(19)12-8-10(16)4-7-13(12)17/h2-8H,1H3. The van der Waals surface area contributed by atoms with E-state index in [1.54, 1.807) is 18.2 Å². The highest BCUT2D eigenvalue weighted by atomic mass is 79.9. The molecule has 4 nitrogen and oxygen atoms in total. The van der Waals surface area contributed by atoms with Crippen LogP contribution in [0.15, 0.2) is 46.9 Å². The fraction of sp³-hybridized carbons (Fsp3) is 0.0667. The van der Waals surface area contributed by atoms with E-state index in [2.05, 4.69) is 20.7 Å². The minimum absolute atomic E-state index is 0.253. The van der Waals surface area contributed by atoms with Crippen LogP contribution in [0.3, 0.4) is 0 Å². The molecule has 2 aromatic rings. The molecule has 0 aliphatic carbocycles. The van der Waals surface area contributed by atoms with E-state index >= 15 is 0 Å². The van der Waals surface area contributed by atoms with Gasteiger partial charge in [0.15, 0.2) is 0 Å². The number of methoxy groups -OCH3 is 1. The van der Waals surface area contributed by atoms with Crippen LogP contribution in [0, 0.1) is 0 Å². The van der Waals surface area contributed by atoms with Crippen LogP contribution in [0.2, 0.25) is 5.02 Å². The summed E-state index contributed by atoms with van der Waals surface area (Å²) in [6.07, 6.45) is 0. The molecule has 0 radical (unpaired) electrons. The third kappa shape index (κ3) is 3.83. The molecule has 0 aliphatic rings. The third-order valence-electron chi connectivity index (χ3n) is 2.63. The number of esters is 2. The van der Waals surface area contributed by atoms with Gasteiger partial charge in [0.2, 0.25) is 0 Å². The summed E-state index contributed by atoms with van der Waals surface area (Å²) in [6.45, 7) is 0. The third-order valence-corrected chi connectivity index (χ3v) is 3.46. The Morgan fingerprint density at radius 1 is 1.05 bits per heavy atom. The zero-order valence-electron chi connectivity index (χ0n) is 10.9. The van der Waals surface area contributed by atoms with Crippen molar-refractivity contribution in [1.82, 2.24) is 0 Å². The Balaban J connectivity index is 2.16. The first kappa shape index (κ1) is 15.5. The minimum atomic E-state index is -0.577. The predicted octanol–water partition coefficient (Wildman–Crippen LogP) is 4.11. The summed E-state index contributed by atoms with van der Waals surface area (Å²) in [5, 5.41) is 0.300. The number of benzene rings is 2. The lowest BCUT2D eigenvalue weighted by atomic mass is 10.2. The Hall–Kier alpha value is -1.85. The van der Waals surface area contributed by atoms with Gasteiger partial charge in [-0.15, -0.1) is 0 Å². The Morgan fingerprint density at radius 2 is 1.71 bits per heavy atom. The van der Waals surface area contributed by atoms with Crippen molar-refractivity contribution in [1.29, 1.82) is 0 Å². The minimum Gasteiger partial charge on any atom is -0.465 e. The lowest BCUT2D eigenvalue weighted by Gasteiger charge is -2.07. The maximum Gasteiger partial charge on any atom is 0.345 e. The first-order valence-electron chi connectivity index (χ1n) is 5.87. The van der Waals surface area contributed by atoms with Crippen molar-refractivity contribution in [3.8, 4) is 5.75 Å². The topological polar surface area (TPSA) is 52.6 Å². The number of rotatable bonds is 3. The summed E-state index contributed by atoms with van der Waals surface area (Å²) in [5.41, 5.74) is 0.626. The van der Waals surface area contributed by atoms with Crippen molar-refractivity contribution in [3.63, 3.8) is 0 Å². The van der Waals surface area contributed by atoms with E-state index in [9.17, 15) is 9.59 Å². The average molecular weight is 370 g/mol. The largest absolute Gasteiger partial charge is 0.465 e. The molecule has 0 saturated carbocycles. The first-order valence-corrected chi connectivity index (χ1v) is 7.04. The smallest absolute Gasteiger partial charge is 0.345 e. The molecule has 6 heteroatoms. The number of halogens is 2. The van der Waals surface area contributed by atoms with Crippen LogP contribution in [0.5, 0.6) is 5.75 Å². The number of ether oxygens (including phenoxy) is 2. The van der Waals surface area contributed by atoms with Crippen molar-refractivity contribution >= 4 is 39.5 Å². The van der Waals surface area contributed by atoms with Gasteiger partial charge in [0.1, 0.15) is 5.75 Å². The van der Waals surface area contributed by atoms with Crippen molar-refractivity contribution in [2.24, 2.45) is 0 Å². The molecule has 0 N–H and O–H groups in total. The van der Waals surface area contributed by atoms with Crippen LogP contribution in [-0.2, 0) is 4.74 Å². The Kier molecular flexibility index (Phi) is 4.98. The highest BCUT2D eigenvalue weighted by Gasteiger charge is 2.14. The van der Waals surface area contributed by atoms with Gasteiger partial charge >= 0.3 is 11.9 Å². The summed E-state index contributed by atoms with van der Waals surface area (Å²) in [5.74, 6) is -0.723. The van der Waals surface area contributed by atoms with Gasteiger partial charge in [-0.25, -0.2) is 9.59 Å². The van der Waals surface area contributed by atoms with Crippen LogP contribution < -0.4 is 4.74 Å². The number of carbonyl (C=O) groups excluding carboxylic acids is 2. The molecule has 0 spiro atoms. The second-order valence-corrected chi connectivity index (χ2v) is 5.35. The number of carbonyl (C=O) groups is 2. The molecule has 21 heavy (non-hydrogen) atoms. The maximum absolute atomic E-state index is 12.0. The molecule has 0 bridgehead atoms. The van der Waals surface area contributed by atoms with Crippen LogP contribution in [0.4, 0.5) is 0 Å². The van der Waals surface area contributed by atoms with Gasteiger partial charge in [0.25, 0.3) is 0 Å². The number of hydrogen-bond donors (Lipinski definition) is 0. The highest BCUT2D eigenvalue weighted by molar-refractivity contribution is 9.10. The molecule has 108 valence electrons. The summed E-state index contributed by atoms with van der Waals surface area (Å²) in [4.78, 5) is 23.3. The van der Waals surface area contributed by atoms with E-state index in [1.165, 1.54) is 31.4 Å². The van der Waals surface area contributed by atoms with Crippen LogP contribution in [0.25, 0.3) is 0 Å². The van der Waals surface area contributed by atoms with Crippen molar-refractivity contribution in [3.05, 3.63) is 63.1 Å². The van der Waals surface area contributed by atoms with Gasteiger partial charge in [-0.3, -0.25) is 0 Å². The van der Waals surface area contributed by atoms with Gasteiger partial charge in [0.05, 0.1) is 23.3 Å². The maximum atomic E-state index is 12.0. The molecule has 0 fully saturated rings. The monoisotopic (exact) mass is 368 g/mol. The first-order chi connectivity index (χ1) is 10.0. The van der Waals surface area contributed by atoms with E-state index in [-0.39, 0.29) is 5.56 Å². The molecule has 0 unspecified atom stereocenters. The van der Waals surface area contributed by atoms with Crippen molar-refractivity contribution in [2.75, 3.05) is 7.11 Å². The van der Waals surface area contributed by atoms with E-state index in [0.717, 1.165) is 4.47 Å². The molecule has 0 saturated heterocycles.